The highest BCUT2D eigenvalue weighted by atomic mass is 35.5. The number of benzene rings is 2. The van der Waals surface area contributed by atoms with Gasteiger partial charge < -0.3 is 0 Å². The highest BCUT2D eigenvalue weighted by Crippen LogP contribution is 2.30. The molecule has 0 aliphatic rings. The van der Waals surface area contributed by atoms with E-state index in [2.05, 4.69) is 9.44 Å². The molecule has 2 N–H and O–H groups in total. The second kappa shape index (κ2) is 7.47. The second-order valence-corrected chi connectivity index (χ2v) is 10.6. The predicted molar refractivity (Wildman–Crippen MR) is 104 cm³/mol. The van der Waals surface area contributed by atoms with Crippen LogP contribution in [-0.2, 0) is 20.0 Å². The molecule has 11 heteroatoms. The van der Waals surface area contributed by atoms with Crippen LogP contribution in [0.4, 0.5) is 15.8 Å². The molecule has 0 aliphatic heterocycles. The van der Waals surface area contributed by atoms with Crippen molar-refractivity contribution >= 4 is 54.4 Å². The summed E-state index contributed by atoms with van der Waals surface area (Å²) in [6.07, 6.45) is 0. The number of para-hydroxylation sites is 2. The van der Waals surface area contributed by atoms with Crippen LogP contribution < -0.4 is 9.44 Å². The maximum Gasteiger partial charge on any atom is 0.271 e. The summed E-state index contributed by atoms with van der Waals surface area (Å²) in [6.45, 7) is 0. The van der Waals surface area contributed by atoms with E-state index in [4.69, 9.17) is 11.6 Å². The fourth-order valence-electron chi connectivity index (χ4n) is 2.12. The molecule has 0 aliphatic carbocycles. The van der Waals surface area contributed by atoms with Crippen LogP contribution in [0, 0.1) is 5.82 Å². The van der Waals surface area contributed by atoms with Crippen LogP contribution in [0.5, 0.6) is 0 Å². The Morgan fingerprint density at radius 1 is 0.778 bits per heavy atom. The van der Waals surface area contributed by atoms with Crippen molar-refractivity contribution in [1.29, 1.82) is 0 Å². The van der Waals surface area contributed by atoms with E-state index >= 15 is 0 Å². The Balaban J connectivity index is 1.91. The predicted octanol–water partition coefficient (Wildman–Crippen LogP) is 4.14. The lowest BCUT2D eigenvalue weighted by Crippen LogP contribution is -2.17. The topological polar surface area (TPSA) is 92.3 Å². The number of thiophene rings is 1. The molecule has 0 unspecified atom stereocenters. The maximum absolute atomic E-state index is 13.0. The molecule has 0 radical (unpaired) electrons. The minimum absolute atomic E-state index is 0.0105. The first-order chi connectivity index (χ1) is 12.7. The van der Waals surface area contributed by atoms with Crippen LogP contribution in [0.25, 0.3) is 0 Å². The summed E-state index contributed by atoms with van der Waals surface area (Å²) < 4.78 is 67.8. The molecule has 6 nitrogen and oxygen atoms in total. The fourth-order valence-corrected chi connectivity index (χ4v) is 5.76. The third-order valence-electron chi connectivity index (χ3n) is 3.35. The van der Waals surface area contributed by atoms with Gasteiger partial charge in [0.15, 0.2) is 0 Å². The molecule has 1 aromatic heterocycles. The Hall–Kier alpha value is -2.14. The molecule has 27 heavy (non-hydrogen) atoms. The van der Waals surface area contributed by atoms with E-state index in [0.717, 1.165) is 35.6 Å². The first-order valence-corrected chi connectivity index (χ1v) is 11.5. The summed E-state index contributed by atoms with van der Waals surface area (Å²) in [5.41, 5.74) is 0.0563. The monoisotopic (exact) mass is 446 g/mol. The van der Waals surface area contributed by atoms with Gasteiger partial charge in [-0.15, -0.1) is 11.3 Å². The Morgan fingerprint density at radius 2 is 1.33 bits per heavy atom. The van der Waals surface area contributed by atoms with Crippen molar-refractivity contribution in [3.63, 3.8) is 0 Å². The summed E-state index contributed by atoms with van der Waals surface area (Å²) in [5.74, 6) is -0.572. The van der Waals surface area contributed by atoms with E-state index in [1.807, 2.05) is 0 Å². The van der Waals surface area contributed by atoms with Crippen molar-refractivity contribution in [2.75, 3.05) is 9.44 Å². The Bertz CT molecular complexity index is 1180. The molecule has 1 heterocycles. The third-order valence-corrected chi connectivity index (χ3v) is 7.82. The van der Waals surface area contributed by atoms with Crippen LogP contribution in [0.1, 0.15) is 0 Å². The molecule has 0 saturated heterocycles. The molecule has 0 saturated carbocycles. The highest BCUT2D eigenvalue weighted by molar-refractivity contribution is 7.94. The quantitative estimate of drug-likeness (QED) is 0.595. The van der Waals surface area contributed by atoms with Crippen LogP contribution in [0.3, 0.4) is 0 Å². The van der Waals surface area contributed by atoms with Crippen LogP contribution in [0.15, 0.2) is 69.8 Å². The molecule has 0 fully saturated rings. The average molecular weight is 447 g/mol. The molecule has 3 aromatic rings. The molecule has 0 amide bonds. The normalized spacial score (nSPS) is 11.9. The van der Waals surface area contributed by atoms with Crippen molar-refractivity contribution in [3.8, 4) is 0 Å². The van der Waals surface area contributed by atoms with E-state index in [1.165, 1.54) is 24.3 Å². The van der Waals surface area contributed by atoms with Gasteiger partial charge in [-0.3, -0.25) is 9.44 Å². The van der Waals surface area contributed by atoms with Gasteiger partial charge in [-0.1, -0.05) is 23.7 Å². The van der Waals surface area contributed by atoms with Crippen LogP contribution >= 0.6 is 22.9 Å². The maximum atomic E-state index is 13.0. The lowest BCUT2D eigenvalue weighted by molar-refractivity contribution is 0.598. The summed E-state index contributed by atoms with van der Waals surface area (Å²) in [6, 6.07) is 13.0. The lowest BCUT2D eigenvalue weighted by atomic mass is 10.3. The molecule has 3 rings (SSSR count). The van der Waals surface area contributed by atoms with Crippen molar-refractivity contribution in [2.24, 2.45) is 0 Å². The summed E-state index contributed by atoms with van der Waals surface area (Å²) in [4.78, 5) is -0.161. The molecule has 0 spiro atoms. The van der Waals surface area contributed by atoms with Gasteiger partial charge in [0.1, 0.15) is 10.0 Å². The standard InChI is InChI=1S/C16H12ClFN2O4S3/c17-15-9-10-16(25-15)27(23,24)20-14-4-2-1-3-13(14)19-26(21,22)12-7-5-11(18)6-8-12/h1-10,19-20H. The number of anilines is 2. The zero-order valence-corrected chi connectivity index (χ0v) is 16.6. The van der Waals surface area contributed by atoms with Crippen molar-refractivity contribution in [1.82, 2.24) is 0 Å². The van der Waals surface area contributed by atoms with E-state index in [-0.39, 0.29) is 20.5 Å². The molecule has 142 valence electrons. The number of rotatable bonds is 6. The molecule has 2 aromatic carbocycles. The van der Waals surface area contributed by atoms with Crippen molar-refractivity contribution < 1.29 is 21.2 Å². The summed E-state index contributed by atoms with van der Waals surface area (Å²) >= 11 is 6.65. The van der Waals surface area contributed by atoms with E-state index < -0.39 is 25.9 Å². The van der Waals surface area contributed by atoms with Crippen molar-refractivity contribution in [2.45, 2.75) is 9.10 Å². The lowest BCUT2D eigenvalue weighted by Gasteiger charge is -2.14. The molecule has 0 bridgehead atoms. The zero-order chi connectivity index (χ0) is 19.7. The molecule has 0 atom stereocenters. The van der Waals surface area contributed by atoms with E-state index in [1.54, 1.807) is 12.1 Å². The van der Waals surface area contributed by atoms with Gasteiger partial charge in [-0.05, 0) is 48.5 Å². The Labute approximate surface area is 164 Å². The van der Waals surface area contributed by atoms with Crippen molar-refractivity contribution in [3.05, 3.63) is 70.8 Å². The first-order valence-electron chi connectivity index (χ1n) is 7.33. The number of halogens is 2. The minimum Gasteiger partial charge on any atom is -0.277 e. The molecular weight excluding hydrogens is 435 g/mol. The van der Waals surface area contributed by atoms with Gasteiger partial charge in [0.25, 0.3) is 20.0 Å². The highest BCUT2D eigenvalue weighted by Gasteiger charge is 2.21. The van der Waals surface area contributed by atoms with Crippen LogP contribution in [0.2, 0.25) is 4.34 Å². The Kier molecular flexibility index (Phi) is 5.43. The van der Waals surface area contributed by atoms with Gasteiger partial charge in [0, 0.05) is 0 Å². The summed E-state index contributed by atoms with van der Waals surface area (Å²) in [7, 11) is -7.98. The van der Waals surface area contributed by atoms with E-state index in [0.29, 0.717) is 4.34 Å². The third kappa shape index (κ3) is 4.59. The van der Waals surface area contributed by atoms with E-state index in [9.17, 15) is 21.2 Å². The second-order valence-electron chi connectivity index (χ2n) is 5.27. The number of nitrogens with one attached hydrogen (secondary N) is 2. The van der Waals surface area contributed by atoms with Gasteiger partial charge in [0.05, 0.1) is 20.6 Å². The molecular formula is C16H12ClFN2O4S3. The average Bonchev–Trinajstić information content (AvgIpc) is 3.04. The van der Waals surface area contributed by atoms with Gasteiger partial charge >= 0.3 is 0 Å². The fraction of sp³-hybridized carbons (Fsp3) is 0. The van der Waals surface area contributed by atoms with Gasteiger partial charge in [-0.25, -0.2) is 21.2 Å². The van der Waals surface area contributed by atoms with Gasteiger partial charge in [-0.2, -0.15) is 0 Å². The largest absolute Gasteiger partial charge is 0.277 e. The minimum atomic E-state index is -4.04. The number of hydrogen-bond acceptors (Lipinski definition) is 5. The Morgan fingerprint density at radius 3 is 1.85 bits per heavy atom. The van der Waals surface area contributed by atoms with Crippen LogP contribution in [-0.4, -0.2) is 16.8 Å². The smallest absolute Gasteiger partial charge is 0.271 e. The number of hydrogen-bond donors (Lipinski definition) is 2. The van der Waals surface area contributed by atoms with Gasteiger partial charge in [0.2, 0.25) is 0 Å². The SMILES string of the molecule is O=S(=O)(Nc1ccccc1NS(=O)(=O)c1ccc(Cl)s1)c1ccc(F)cc1. The number of sulfonamides is 2. The first kappa shape index (κ1) is 19.6. The summed E-state index contributed by atoms with van der Waals surface area (Å²) in [5, 5.41) is 0. The zero-order valence-electron chi connectivity index (χ0n) is 13.4.